The number of piperidine rings is 4. The number of ether oxygens (including phenoxy) is 4. The third kappa shape index (κ3) is 14.7. The lowest BCUT2D eigenvalue weighted by molar-refractivity contribution is -0.979. The summed E-state index contributed by atoms with van der Waals surface area (Å²) < 4.78 is 32.3. The maximum absolute atomic E-state index is 13.5. The van der Waals surface area contributed by atoms with E-state index in [0.717, 1.165) is 201 Å². The summed E-state index contributed by atoms with van der Waals surface area (Å²) in [7, 11) is 4.32. The number of rotatable bonds is 22. The summed E-state index contributed by atoms with van der Waals surface area (Å²) in [6.07, 6.45) is 35.7. The highest BCUT2D eigenvalue weighted by Gasteiger charge is 2.81. The van der Waals surface area contributed by atoms with E-state index in [1.165, 1.54) is 84.7 Å². The first-order chi connectivity index (χ1) is 72.5. The molecule has 26 heteroatoms. The fraction of sp³-hybridized carbons (Fsp3) is 0.516. The van der Waals surface area contributed by atoms with Crippen molar-refractivity contribution in [1.82, 2.24) is 30.4 Å². The van der Waals surface area contributed by atoms with Crippen LogP contribution in [-0.2, 0) is 67.5 Å². The van der Waals surface area contributed by atoms with Crippen LogP contribution >= 0.6 is 0 Å². The lowest BCUT2D eigenvalue weighted by atomic mass is 9.46. The number of hydrogen-bond acceptors (Lipinski definition) is 20. The number of likely N-dealkylation sites (tertiary alicyclic amines) is 4. The van der Waals surface area contributed by atoms with E-state index >= 15 is 0 Å². The van der Waals surface area contributed by atoms with E-state index in [2.05, 4.69) is 90.5 Å². The average Bonchev–Trinajstić information content (AvgIpc) is 1.54. The highest BCUT2D eigenvalue weighted by Crippen LogP contribution is 2.73. The van der Waals surface area contributed by atoms with Gasteiger partial charge < -0.3 is 79.4 Å². The van der Waals surface area contributed by atoms with Crippen LogP contribution in [0.1, 0.15) is 249 Å². The zero-order valence-corrected chi connectivity index (χ0v) is 86.6. The summed E-state index contributed by atoms with van der Waals surface area (Å²) in [6.45, 7) is 13.7. The number of ketones is 2. The number of aliphatic hydroxyl groups is 4. The van der Waals surface area contributed by atoms with Gasteiger partial charge in [0, 0.05) is 186 Å². The van der Waals surface area contributed by atoms with E-state index in [-0.39, 0.29) is 107 Å². The second kappa shape index (κ2) is 35.4. The van der Waals surface area contributed by atoms with Gasteiger partial charge in [0.1, 0.15) is 61.3 Å². The summed E-state index contributed by atoms with van der Waals surface area (Å²) in [5.74, 6) is 5.65. The number of phenols is 4. The number of aryl methyl sites for hydroxylation is 3. The highest BCUT2D eigenvalue weighted by atomic mass is 16.5. The number of pyridine rings is 4. The Labute approximate surface area is 876 Å². The molecule has 0 unspecified atom stereocenters. The number of aromatic hydroxyl groups is 4. The summed E-state index contributed by atoms with van der Waals surface area (Å²) >= 11 is 0. The van der Waals surface area contributed by atoms with E-state index in [0.29, 0.717) is 91.4 Å². The molecule has 12 fully saturated rings. The van der Waals surface area contributed by atoms with Gasteiger partial charge in [-0.15, -0.1) is 0 Å². The molecule has 8 aliphatic heterocycles. The van der Waals surface area contributed by atoms with Gasteiger partial charge in [-0.1, -0.05) is 84.9 Å². The summed E-state index contributed by atoms with van der Waals surface area (Å²) in [5, 5.41) is 101. The minimum atomic E-state index is -0.997. The number of aromatic nitrogens is 4. The van der Waals surface area contributed by atoms with Crippen LogP contribution < -0.4 is 38.7 Å². The van der Waals surface area contributed by atoms with Crippen molar-refractivity contribution in [2.75, 3.05) is 59.4 Å². The first kappa shape index (κ1) is 96.6. The van der Waals surface area contributed by atoms with Gasteiger partial charge in [0.05, 0.1) is 83.7 Å². The fourth-order valence-corrected chi connectivity index (χ4v) is 34.3. The molecule has 30 rings (SSSR count). The summed E-state index contributed by atoms with van der Waals surface area (Å²) in [5.41, 5.74) is 9.69. The van der Waals surface area contributed by atoms with Gasteiger partial charge in [0.15, 0.2) is 88.9 Å². The number of benzene rings is 6. The molecule has 4 aromatic heterocycles. The fourth-order valence-electron chi connectivity index (χ4n) is 34.3. The number of carbonyl (C=O) groups excluding carboxylic acids is 4. The zero-order valence-electron chi connectivity index (χ0n) is 86.6. The van der Waals surface area contributed by atoms with Crippen molar-refractivity contribution in [2.24, 2.45) is 42.6 Å². The van der Waals surface area contributed by atoms with Crippen molar-refractivity contribution >= 4 is 23.4 Å². The van der Waals surface area contributed by atoms with Gasteiger partial charge >= 0.3 is 0 Å². The number of nitrogens with one attached hydrogen (secondary N) is 2. The van der Waals surface area contributed by atoms with Crippen molar-refractivity contribution in [3.8, 4) is 46.0 Å². The molecule has 8 saturated carbocycles. The lowest BCUT2D eigenvalue weighted by Gasteiger charge is -2.66. The molecule has 10 N–H and O–H groups in total. The molecular weight excluding hydrogens is 1890 g/mol. The third-order valence-corrected chi connectivity index (χ3v) is 41.6. The van der Waals surface area contributed by atoms with E-state index in [1.54, 1.807) is 67.3 Å². The SMILES string of the molecule is Cc1c[n+](C)ccc1C(=O)C[C@@H]1CC[C@@]2(O)[C@H]3Cc4ccc(O)c5c4[C@@]2(CCN3CC2CC2)[C@H]1O5.Cc1cnccc1C(=O)C[C@@H]1CC[C@@]2(O)[C@H]3Cc4ccc(O)c5c4[C@@]2(CC[N@@+]3(C)CC2CC2)[C@H]1O5.O=C(N[C@@H]1CC[C@@]2(O)[C@H]3Cc4ccc(O)c5c4[C@@]2(CCN3CC2CC2)[C@H]1O5)c1cc[n+](Cc2ccccc2)cc1.O=C(N[C@@H]1CC[C@@]2(O)[C@H]3Cc4ccc(O)c5c4[C@@]2(CC[N@+]3(Cc2ccccc2)CC2CC2)[C@H]1O5)c1ccncc1. The van der Waals surface area contributed by atoms with Crippen molar-refractivity contribution in [2.45, 2.75) is 299 Å². The number of hydrogen-bond donors (Lipinski definition) is 10. The maximum atomic E-state index is 13.5. The lowest BCUT2D eigenvalue weighted by Crippen LogP contribution is -2.82. The molecule has 10 aromatic rings. The van der Waals surface area contributed by atoms with Gasteiger partial charge in [0.25, 0.3) is 11.8 Å². The van der Waals surface area contributed by atoms with Crippen molar-refractivity contribution in [3.63, 3.8) is 0 Å². The monoisotopic (exact) mass is 2030 g/mol. The predicted octanol–water partition coefficient (Wildman–Crippen LogP) is 13.6. The molecule has 8 bridgehead atoms. The van der Waals surface area contributed by atoms with Crippen LogP contribution in [0.2, 0.25) is 0 Å². The molecule has 26 nitrogen and oxygen atoms in total. The number of Topliss-reactive ketones (excluding diaryl/α,β-unsaturated/α-hetero) is 2. The third-order valence-electron chi connectivity index (χ3n) is 41.6. The van der Waals surface area contributed by atoms with Gasteiger partial charge in [-0.25, -0.2) is 9.13 Å². The number of phenolic OH excluding ortho intramolecular Hbond substituents is 4. The molecule has 0 radical (unpaired) electrons. The Hall–Kier alpha value is -11.7. The van der Waals surface area contributed by atoms with Gasteiger partial charge in [-0.3, -0.25) is 38.9 Å². The van der Waals surface area contributed by atoms with Crippen LogP contribution in [0.3, 0.4) is 0 Å². The van der Waals surface area contributed by atoms with E-state index < -0.39 is 56.3 Å². The van der Waals surface area contributed by atoms with Crippen LogP contribution in [0.15, 0.2) is 195 Å². The molecule has 150 heavy (non-hydrogen) atoms. The van der Waals surface area contributed by atoms with E-state index in [4.69, 9.17) is 18.9 Å². The first-order valence-electron chi connectivity index (χ1n) is 56.2. The minimum Gasteiger partial charge on any atom is -0.504 e. The molecular formula is C124H142N10O16+4. The van der Waals surface area contributed by atoms with Crippen LogP contribution in [0.4, 0.5) is 0 Å². The van der Waals surface area contributed by atoms with Gasteiger partial charge in [-0.05, 0) is 237 Å². The van der Waals surface area contributed by atoms with Crippen molar-refractivity contribution in [1.29, 1.82) is 0 Å². The summed E-state index contributed by atoms with van der Waals surface area (Å²) in [4.78, 5) is 66.9. The number of likely N-dealkylation sites (N-methyl/N-ethyl adjacent to an activating group) is 1. The molecule has 22 atom stereocenters. The number of amides is 2. The minimum absolute atomic E-state index is 0.00418. The number of quaternary nitrogens is 2. The average molecular weight is 2030 g/mol. The van der Waals surface area contributed by atoms with Gasteiger partial charge in [0.2, 0.25) is 0 Å². The number of nitrogens with zero attached hydrogens (tertiary/aromatic N) is 8. The van der Waals surface area contributed by atoms with Crippen LogP contribution in [0.5, 0.6) is 46.0 Å². The Kier molecular flexibility index (Phi) is 22.8. The Balaban J connectivity index is 0.0000000985. The largest absolute Gasteiger partial charge is 0.504 e. The van der Waals surface area contributed by atoms with E-state index in [9.17, 15) is 60.0 Å². The Morgan fingerprint density at radius 3 is 1.37 bits per heavy atom. The van der Waals surface area contributed by atoms with Crippen molar-refractivity contribution < 1.29 is 97.1 Å². The first-order valence-corrected chi connectivity index (χ1v) is 56.2. The molecule has 780 valence electrons. The highest BCUT2D eigenvalue weighted by molar-refractivity contribution is 5.98. The normalized spacial score (nSPS) is 34.9. The second-order valence-corrected chi connectivity index (χ2v) is 49.8. The van der Waals surface area contributed by atoms with Crippen LogP contribution in [0, 0.1) is 49.4 Å². The summed E-state index contributed by atoms with van der Waals surface area (Å²) in [6, 6.07) is 46.7. The molecule has 4 saturated heterocycles. The van der Waals surface area contributed by atoms with Crippen molar-refractivity contribution in [3.05, 3.63) is 284 Å². The topological polar surface area (TPSA) is 331 Å². The standard InChI is InChI=1S/2C33H35N3O4.2C29H34N2O4/c37-26-9-8-24-18-27-33(39)13-10-25(30-32(33,28(24)29(26)40-30)14-17-36(27)20-22-6-7-22)34-31(38)23-11-15-35(16-12-23)19-21-4-2-1-3-5-21;37-26-9-8-24-18-27-33(39)13-10-25(35-31(38)23-11-15-34-16-12-23)30-32(33,28(24)29(26)40-30)14-17-36(27,20-22-6-7-22)19-21-4-2-1-3-5-21;1-17-15-30-11-8-21(17)23(33)13-20-7-9-29(34)24-14-19-5-6-22(32)26-25(19)28(29,27(20)35-26)10-12-31(24,2)16-18-3-4-18;1-17-15-30(2)11-8-21(17)23(33)13-20-7-9-29(34)24-14-19-5-6-22(32)26-25(19)28(29,27(20)35-26)10-12-31(24)16-18-3-4-18/h1-5,8-9,11-12,15-16,22,25,27,30,39H,6-7,10,13-14,17-20H2,(H-,34,37,38);1-5,8-9,11-12,15-16,22,25,27,30,39H,6-7,10,13-14,17-20H2,(H-,35,37,38);2*5-6,8,11,15,18,20,24,27,34H,3-4,7,9-10,12-14,16H2,1-2H3/p+4/t25-,27-,30+,32+,33-;25-,27-,30+,32+,33-,36+;20-,24+,27-,28-,29+,31-;20-,24+,27-,28-,29+/m1100/s1. The smallest absolute Gasteiger partial charge is 0.252 e. The Morgan fingerprint density at radius 1 is 0.427 bits per heavy atom. The number of carbonyl (C=O) groups is 4. The van der Waals surface area contributed by atoms with Gasteiger partial charge in [-0.2, -0.15) is 0 Å². The van der Waals surface area contributed by atoms with Crippen LogP contribution in [-0.4, -0.2) is 235 Å². The molecule has 12 aliphatic carbocycles. The predicted molar refractivity (Wildman–Crippen MR) is 557 cm³/mol. The molecule has 12 heterocycles. The zero-order chi connectivity index (χ0) is 102. The quantitative estimate of drug-likeness (QED) is 0.0171. The Morgan fingerprint density at radius 2 is 0.853 bits per heavy atom. The molecule has 2 amide bonds. The molecule has 4 spiro atoms. The van der Waals surface area contributed by atoms with Crippen LogP contribution in [0.25, 0.3) is 0 Å². The second-order valence-electron chi connectivity index (χ2n) is 49.8. The maximum Gasteiger partial charge on any atom is 0.252 e. The molecule has 6 aromatic carbocycles. The molecule has 20 aliphatic rings. The Bertz CT molecular complexity index is 7090. The van der Waals surface area contributed by atoms with E-state index in [1.807, 2.05) is 105 Å².